The van der Waals surface area contributed by atoms with Crippen LogP contribution < -0.4 is 9.66 Å². The Labute approximate surface area is 150 Å². The zero-order chi connectivity index (χ0) is 18.4. The van der Waals surface area contributed by atoms with Crippen molar-refractivity contribution >= 4 is 37.3 Å². The molecule has 132 valence electrons. The van der Waals surface area contributed by atoms with Crippen LogP contribution >= 0.6 is 11.3 Å². The minimum Gasteiger partial charge on any atom is -0.414 e. The Bertz CT molecular complexity index is 1080. The fourth-order valence-electron chi connectivity index (χ4n) is 2.47. The Hall–Kier alpha value is -2.12. The molecule has 0 fully saturated rings. The van der Waals surface area contributed by atoms with E-state index < -0.39 is 15.0 Å². The highest BCUT2D eigenvalue weighted by Crippen LogP contribution is 2.28. The molecule has 0 unspecified atom stereocenters. The molecule has 0 aliphatic rings. The third-order valence-electron chi connectivity index (χ3n) is 3.95. The first-order valence-corrected chi connectivity index (χ1v) is 10.0. The molecule has 25 heavy (non-hydrogen) atoms. The van der Waals surface area contributed by atoms with Gasteiger partial charge in [0.2, 0.25) is 0 Å². The van der Waals surface area contributed by atoms with Crippen molar-refractivity contribution in [1.29, 1.82) is 0 Å². The van der Waals surface area contributed by atoms with E-state index in [2.05, 4.69) is 25.5 Å². The Kier molecular flexibility index (Phi) is 4.25. The molecule has 5 nitrogen and oxygen atoms in total. The standard InChI is InChI=1S/C18H19NO4S2/c1-11-9-15-16(24-17(20)23-15)10-14(11)19-25(21,22)13-7-5-12(6-8-13)18(2,3)4/h5-10,19H,1-4H3. The van der Waals surface area contributed by atoms with Gasteiger partial charge in [0.05, 0.1) is 15.3 Å². The number of fused-ring (bicyclic) bond motifs is 1. The summed E-state index contributed by atoms with van der Waals surface area (Å²) in [5.74, 6) is 0. The molecule has 1 heterocycles. The van der Waals surface area contributed by atoms with Crippen molar-refractivity contribution in [2.24, 2.45) is 0 Å². The average molecular weight is 377 g/mol. The van der Waals surface area contributed by atoms with Gasteiger partial charge in [-0.2, -0.15) is 0 Å². The zero-order valence-corrected chi connectivity index (χ0v) is 16.0. The van der Waals surface area contributed by atoms with Gasteiger partial charge < -0.3 is 4.42 Å². The second-order valence-corrected chi connectivity index (χ2v) is 9.61. The molecule has 0 aliphatic heterocycles. The van der Waals surface area contributed by atoms with Gasteiger partial charge in [-0.15, -0.1) is 0 Å². The summed E-state index contributed by atoms with van der Waals surface area (Å²) in [6.07, 6.45) is 0. The number of aryl methyl sites for hydroxylation is 1. The van der Waals surface area contributed by atoms with Crippen molar-refractivity contribution in [3.63, 3.8) is 0 Å². The Morgan fingerprint density at radius 2 is 1.72 bits per heavy atom. The highest BCUT2D eigenvalue weighted by atomic mass is 32.2. The SMILES string of the molecule is Cc1cc2oc(=O)sc2cc1NS(=O)(=O)c1ccc(C(C)(C)C)cc1. The summed E-state index contributed by atoms with van der Waals surface area (Å²) in [6, 6.07) is 10.1. The molecule has 0 radical (unpaired) electrons. The van der Waals surface area contributed by atoms with Crippen molar-refractivity contribution in [2.75, 3.05) is 4.72 Å². The van der Waals surface area contributed by atoms with E-state index in [1.807, 2.05) is 12.1 Å². The first kappa shape index (κ1) is 17.7. The maximum atomic E-state index is 12.7. The number of nitrogens with one attached hydrogen (secondary N) is 1. The van der Waals surface area contributed by atoms with Gasteiger partial charge in [0.25, 0.3) is 10.0 Å². The minimum absolute atomic E-state index is 0.0456. The number of sulfonamides is 1. The van der Waals surface area contributed by atoms with Crippen molar-refractivity contribution in [1.82, 2.24) is 0 Å². The highest BCUT2D eigenvalue weighted by Gasteiger charge is 2.19. The summed E-state index contributed by atoms with van der Waals surface area (Å²) in [5, 5.41) is 0. The fourth-order valence-corrected chi connectivity index (χ4v) is 4.28. The number of hydrogen-bond donors (Lipinski definition) is 1. The van der Waals surface area contributed by atoms with Gasteiger partial charge in [-0.3, -0.25) is 4.72 Å². The first-order valence-electron chi connectivity index (χ1n) is 7.74. The molecule has 0 saturated carbocycles. The third kappa shape index (κ3) is 3.62. The maximum Gasteiger partial charge on any atom is 0.396 e. The molecule has 0 amide bonds. The summed E-state index contributed by atoms with van der Waals surface area (Å²) in [4.78, 5) is 11.1. The summed E-state index contributed by atoms with van der Waals surface area (Å²) in [6.45, 7) is 7.98. The van der Waals surface area contributed by atoms with Gasteiger partial charge in [0, 0.05) is 0 Å². The molecule has 0 saturated heterocycles. The molecular formula is C18H19NO4S2. The molecule has 0 aliphatic carbocycles. The second kappa shape index (κ2) is 6.00. The maximum absolute atomic E-state index is 12.7. The lowest BCUT2D eigenvalue weighted by atomic mass is 9.87. The third-order valence-corrected chi connectivity index (χ3v) is 6.12. The Morgan fingerprint density at radius 3 is 2.32 bits per heavy atom. The van der Waals surface area contributed by atoms with Crippen LogP contribution in [0.3, 0.4) is 0 Å². The minimum atomic E-state index is -3.71. The lowest BCUT2D eigenvalue weighted by Gasteiger charge is -2.19. The zero-order valence-electron chi connectivity index (χ0n) is 14.4. The predicted molar refractivity (Wildman–Crippen MR) is 101 cm³/mol. The van der Waals surface area contributed by atoms with Gasteiger partial charge in [-0.25, -0.2) is 13.2 Å². The molecule has 7 heteroatoms. The fraction of sp³-hybridized carbons (Fsp3) is 0.278. The lowest BCUT2D eigenvalue weighted by molar-refractivity contribution is 0.585. The quantitative estimate of drug-likeness (QED) is 0.740. The molecule has 2 aromatic carbocycles. The van der Waals surface area contributed by atoms with E-state index in [0.29, 0.717) is 21.5 Å². The van der Waals surface area contributed by atoms with E-state index in [0.717, 1.165) is 16.9 Å². The molecule has 0 atom stereocenters. The van der Waals surface area contributed by atoms with Crippen LogP contribution in [0.1, 0.15) is 31.9 Å². The average Bonchev–Trinajstić information content (AvgIpc) is 2.85. The summed E-state index contributed by atoms with van der Waals surface area (Å²) >= 11 is 0.944. The van der Waals surface area contributed by atoms with Gasteiger partial charge in [0.1, 0.15) is 5.58 Å². The Morgan fingerprint density at radius 1 is 1.08 bits per heavy atom. The van der Waals surface area contributed by atoms with Gasteiger partial charge in [-0.1, -0.05) is 44.2 Å². The van der Waals surface area contributed by atoms with Crippen molar-refractivity contribution in [3.05, 3.63) is 57.3 Å². The number of rotatable bonds is 3. The summed E-state index contributed by atoms with van der Waals surface area (Å²) in [7, 11) is -3.71. The van der Waals surface area contributed by atoms with Crippen LogP contribution in [0.15, 0.2) is 50.5 Å². The molecule has 0 bridgehead atoms. The van der Waals surface area contributed by atoms with Crippen molar-refractivity contribution in [3.8, 4) is 0 Å². The van der Waals surface area contributed by atoms with Crippen LogP contribution in [-0.4, -0.2) is 8.42 Å². The van der Waals surface area contributed by atoms with E-state index >= 15 is 0 Å². The number of hydrogen-bond acceptors (Lipinski definition) is 5. The molecule has 1 aromatic heterocycles. The van der Waals surface area contributed by atoms with Gasteiger partial charge in [0.15, 0.2) is 0 Å². The van der Waals surface area contributed by atoms with Crippen LogP contribution in [0.2, 0.25) is 0 Å². The predicted octanol–water partition coefficient (Wildman–Crippen LogP) is 4.26. The largest absolute Gasteiger partial charge is 0.414 e. The topological polar surface area (TPSA) is 76.4 Å². The normalized spacial score (nSPS) is 12.5. The van der Waals surface area contributed by atoms with Gasteiger partial charge in [-0.05, 0) is 47.7 Å². The van der Waals surface area contributed by atoms with Crippen LogP contribution in [0, 0.1) is 6.92 Å². The smallest absolute Gasteiger partial charge is 0.396 e. The first-order chi connectivity index (χ1) is 11.6. The summed E-state index contributed by atoms with van der Waals surface area (Å²) in [5.41, 5.74) is 2.60. The van der Waals surface area contributed by atoms with E-state index in [1.165, 1.54) is 0 Å². The Balaban J connectivity index is 1.96. The van der Waals surface area contributed by atoms with Crippen LogP contribution in [0.4, 0.5) is 5.69 Å². The second-order valence-electron chi connectivity index (χ2n) is 6.95. The van der Waals surface area contributed by atoms with Crippen molar-refractivity contribution < 1.29 is 12.8 Å². The monoisotopic (exact) mass is 377 g/mol. The van der Waals surface area contributed by atoms with Crippen molar-refractivity contribution in [2.45, 2.75) is 38.0 Å². The lowest BCUT2D eigenvalue weighted by Crippen LogP contribution is -2.15. The van der Waals surface area contributed by atoms with E-state index in [1.54, 1.807) is 31.2 Å². The van der Waals surface area contributed by atoms with Crippen LogP contribution in [0.25, 0.3) is 10.3 Å². The molecule has 3 rings (SSSR count). The van der Waals surface area contributed by atoms with Gasteiger partial charge >= 0.3 is 4.94 Å². The number of anilines is 1. The highest BCUT2D eigenvalue weighted by molar-refractivity contribution is 7.92. The van der Waals surface area contributed by atoms with E-state index in [9.17, 15) is 13.2 Å². The molecular weight excluding hydrogens is 358 g/mol. The number of benzene rings is 2. The van der Waals surface area contributed by atoms with E-state index in [4.69, 9.17) is 4.42 Å². The van der Waals surface area contributed by atoms with E-state index in [-0.39, 0.29) is 10.3 Å². The molecule has 3 aromatic rings. The van der Waals surface area contributed by atoms with Crippen LogP contribution in [-0.2, 0) is 15.4 Å². The summed E-state index contributed by atoms with van der Waals surface area (Å²) < 4.78 is 33.6. The molecule has 1 N–H and O–H groups in total. The van der Waals surface area contributed by atoms with Crippen LogP contribution in [0.5, 0.6) is 0 Å². The molecule has 0 spiro atoms.